The molecule has 31 heavy (non-hydrogen) atoms. The van der Waals surface area contributed by atoms with Gasteiger partial charge in [-0.25, -0.2) is 4.79 Å². The Hall–Kier alpha value is -3.53. The van der Waals surface area contributed by atoms with Crippen molar-refractivity contribution in [3.05, 3.63) is 73.8 Å². The van der Waals surface area contributed by atoms with E-state index in [0.29, 0.717) is 10.6 Å². The van der Waals surface area contributed by atoms with Gasteiger partial charge in [0.05, 0.1) is 30.4 Å². The highest BCUT2D eigenvalue weighted by Gasteiger charge is 2.29. The highest BCUT2D eigenvalue weighted by molar-refractivity contribution is 7.17. The molecule has 0 atom stereocenters. The van der Waals surface area contributed by atoms with E-state index >= 15 is 0 Å². The summed E-state index contributed by atoms with van der Waals surface area (Å²) in [6, 6.07) is 10.4. The number of hydrogen-bond acceptors (Lipinski definition) is 7. The van der Waals surface area contributed by atoms with Crippen LogP contribution in [0, 0.1) is 10.1 Å². The number of carbonyl (C=O) groups excluding carboxylic acids is 2. The molecule has 160 valence electrons. The Kier molecular flexibility index (Phi) is 5.81. The van der Waals surface area contributed by atoms with Crippen LogP contribution >= 0.6 is 11.3 Å². The van der Waals surface area contributed by atoms with Gasteiger partial charge in [-0.15, -0.1) is 11.3 Å². The zero-order valence-corrected chi connectivity index (χ0v) is 17.6. The molecule has 10 heteroatoms. The van der Waals surface area contributed by atoms with Crippen LogP contribution in [0.5, 0.6) is 0 Å². The van der Waals surface area contributed by atoms with Gasteiger partial charge in [0, 0.05) is 4.88 Å². The molecule has 0 spiro atoms. The van der Waals surface area contributed by atoms with Crippen molar-refractivity contribution in [2.45, 2.75) is 32.2 Å². The van der Waals surface area contributed by atoms with Crippen molar-refractivity contribution in [2.75, 3.05) is 12.4 Å². The molecule has 1 aromatic carbocycles. The molecule has 1 aliphatic carbocycles. The molecule has 1 amide bonds. The van der Waals surface area contributed by atoms with Crippen molar-refractivity contribution in [3.63, 3.8) is 0 Å². The summed E-state index contributed by atoms with van der Waals surface area (Å²) in [5, 5.41) is 18.4. The number of fused-ring (bicyclic) bond motifs is 1. The minimum absolute atomic E-state index is 0.0396. The maximum atomic E-state index is 13.1. The number of aryl methyl sites for hydroxylation is 1. The number of nitrogens with one attached hydrogen (secondary N) is 1. The third kappa shape index (κ3) is 4.19. The Labute approximate surface area is 181 Å². The Morgan fingerprint density at radius 3 is 2.71 bits per heavy atom. The van der Waals surface area contributed by atoms with Gasteiger partial charge in [0.25, 0.3) is 5.91 Å². The van der Waals surface area contributed by atoms with Gasteiger partial charge in [-0.2, -0.15) is 4.68 Å². The minimum Gasteiger partial charge on any atom is -0.465 e. The van der Waals surface area contributed by atoms with Gasteiger partial charge in [0.2, 0.25) is 0 Å². The first-order valence-corrected chi connectivity index (χ1v) is 10.6. The molecule has 0 saturated carbocycles. The van der Waals surface area contributed by atoms with Gasteiger partial charge >= 0.3 is 11.8 Å². The zero-order chi connectivity index (χ0) is 22.0. The van der Waals surface area contributed by atoms with Gasteiger partial charge in [-0.1, -0.05) is 30.3 Å². The number of rotatable bonds is 6. The number of nitrogens with zero attached hydrogens (tertiary/aromatic N) is 3. The van der Waals surface area contributed by atoms with E-state index in [4.69, 9.17) is 4.74 Å². The van der Waals surface area contributed by atoms with Gasteiger partial charge in [0.1, 0.15) is 5.00 Å². The first-order valence-electron chi connectivity index (χ1n) is 9.78. The summed E-state index contributed by atoms with van der Waals surface area (Å²) in [5.74, 6) is -1.49. The molecule has 0 saturated heterocycles. The molecule has 3 aromatic rings. The number of benzene rings is 1. The quantitative estimate of drug-likeness (QED) is 0.354. The van der Waals surface area contributed by atoms with E-state index in [2.05, 4.69) is 10.4 Å². The number of methoxy groups -OCH3 is 1. The number of nitro groups is 1. The van der Waals surface area contributed by atoms with Crippen molar-refractivity contribution < 1.29 is 19.2 Å². The lowest BCUT2D eigenvalue weighted by molar-refractivity contribution is -0.389. The standard InChI is InChI=1S/C21H20N4O5S/c1-30-21(27)18-14-9-5-6-10-16(14)31-20(18)22-19(26)15-11-17(25(28)29)23-24(15)12-13-7-3-2-4-8-13/h2-4,7-8,11H,5-6,9-10,12H2,1H3,(H,22,26). The first kappa shape index (κ1) is 20.7. The summed E-state index contributed by atoms with van der Waals surface area (Å²) in [5.41, 5.74) is 2.18. The largest absolute Gasteiger partial charge is 0.465 e. The first-order chi connectivity index (χ1) is 15.0. The molecule has 1 N–H and O–H groups in total. The van der Waals surface area contributed by atoms with E-state index in [1.807, 2.05) is 30.3 Å². The van der Waals surface area contributed by atoms with E-state index in [1.54, 1.807) is 0 Å². The van der Waals surface area contributed by atoms with Crippen molar-refractivity contribution >= 4 is 34.0 Å². The van der Waals surface area contributed by atoms with E-state index in [1.165, 1.54) is 23.1 Å². The number of carbonyl (C=O) groups is 2. The number of anilines is 1. The van der Waals surface area contributed by atoms with Crippen LogP contribution in [-0.2, 0) is 24.1 Å². The van der Waals surface area contributed by atoms with Crippen LogP contribution in [0.3, 0.4) is 0 Å². The fraction of sp³-hybridized carbons (Fsp3) is 0.286. The SMILES string of the molecule is COC(=O)c1c(NC(=O)c2cc([N+](=O)[O-])nn2Cc2ccccc2)sc2c1CCCC2. The van der Waals surface area contributed by atoms with Crippen LogP contribution in [0.15, 0.2) is 36.4 Å². The molecule has 0 bridgehead atoms. The van der Waals surface area contributed by atoms with Crippen LogP contribution < -0.4 is 5.32 Å². The summed E-state index contributed by atoms with van der Waals surface area (Å²) in [7, 11) is 1.30. The molecular formula is C21H20N4O5S. The van der Waals surface area contributed by atoms with Crippen molar-refractivity contribution in [1.82, 2.24) is 9.78 Å². The second-order valence-corrected chi connectivity index (χ2v) is 8.25. The van der Waals surface area contributed by atoms with E-state index < -0.39 is 22.6 Å². The van der Waals surface area contributed by atoms with Crippen molar-refractivity contribution in [1.29, 1.82) is 0 Å². The number of hydrogen-bond donors (Lipinski definition) is 1. The second kappa shape index (κ2) is 8.68. The lowest BCUT2D eigenvalue weighted by Gasteiger charge is -2.11. The third-order valence-corrected chi connectivity index (χ3v) is 6.36. The van der Waals surface area contributed by atoms with Crippen LogP contribution in [0.2, 0.25) is 0 Å². The summed E-state index contributed by atoms with van der Waals surface area (Å²) in [6.45, 7) is 0.197. The van der Waals surface area contributed by atoms with Crippen molar-refractivity contribution in [3.8, 4) is 0 Å². The second-order valence-electron chi connectivity index (χ2n) is 7.15. The van der Waals surface area contributed by atoms with Gasteiger partial charge in [-0.05, 0) is 41.7 Å². The number of ether oxygens (including phenoxy) is 1. The predicted molar refractivity (Wildman–Crippen MR) is 115 cm³/mol. The molecule has 4 rings (SSSR count). The van der Waals surface area contributed by atoms with Gasteiger partial charge < -0.3 is 20.2 Å². The zero-order valence-electron chi connectivity index (χ0n) is 16.8. The third-order valence-electron chi connectivity index (χ3n) is 5.15. The highest BCUT2D eigenvalue weighted by atomic mass is 32.1. The fourth-order valence-electron chi connectivity index (χ4n) is 3.69. The molecule has 2 aromatic heterocycles. The Morgan fingerprint density at radius 2 is 2.00 bits per heavy atom. The number of esters is 1. The molecule has 1 aliphatic rings. The topological polar surface area (TPSA) is 116 Å². The van der Waals surface area contributed by atoms with E-state index in [9.17, 15) is 19.7 Å². The number of thiophene rings is 1. The molecule has 2 heterocycles. The molecule has 9 nitrogen and oxygen atoms in total. The number of amides is 1. The lowest BCUT2D eigenvalue weighted by Crippen LogP contribution is -2.19. The molecular weight excluding hydrogens is 420 g/mol. The normalized spacial score (nSPS) is 12.8. The molecule has 0 aliphatic heterocycles. The lowest BCUT2D eigenvalue weighted by atomic mass is 9.95. The number of aromatic nitrogens is 2. The smallest absolute Gasteiger partial charge is 0.390 e. The molecule has 0 fully saturated rings. The van der Waals surface area contributed by atoms with Crippen LogP contribution in [0.4, 0.5) is 10.8 Å². The Bertz CT molecular complexity index is 1150. The maximum Gasteiger partial charge on any atom is 0.390 e. The van der Waals surface area contributed by atoms with E-state index in [0.717, 1.165) is 47.8 Å². The van der Waals surface area contributed by atoms with Crippen molar-refractivity contribution in [2.24, 2.45) is 0 Å². The van der Waals surface area contributed by atoms with Gasteiger partial charge in [0.15, 0.2) is 5.69 Å². The summed E-state index contributed by atoms with van der Waals surface area (Å²) in [4.78, 5) is 37.2. The summed E-state index contributed by atoms with van der Waals surface area (Å²) >= 11 is 1.36. The summed E-state index contributed by atoms with van der Waals surface area (Å²) < 4.78 is 6.24. The highest BCUT2D eigenvalue weighted by Crippen LogP contribution is 2.38. The van der Waals surface area contributed by atoms with Crippen LogP contribution in [0.1, 0.15) is 49.7 Å². The maximum absolute atomic E-state index is 13.1. The predicted octanol–water partition coefficient (Wildman–Crippen LogP) is 3.82. The van der Waals surface area contributed by atoms with E-state index in [-0.39, 0.29) is 12.2 Å². The monoisotopic (exact) mass is 440 g/mol. The average molecular weight is 440 g/mol. The molecule has 0 radical (unpaired) electrons. The van der Waals surface area contributed by atoms with Gasteiger partial charge in [-0.3, -0.25) is 4.79 Å². The Morgan fingerprint density at radius 1 is 1.26 bits per heavy atom. The minimum atomic E-state index is -0.637. The molecule has 0 unspecified atom stereocenters. The fourth-order valence-corrected chi connectivity index (χ4v) is 4.96. The van der Waals surface area contributed by atoms with Crippen LogP contribution in [-0.4, -0.2) is 33.7 Å². The van der Waals surface area contributed by atoms with Crippen LogP contribution in [0.25, 0.3) is 0 Å². The average Bonchev–Trinajstić information content (AvgIpc) is 3.35. The Balaban J connectivity index is 1.68. The summed E-state index contributed by atoms with van der Waals surface area (Å²) in [6.07, 6.45) is 3.59.